The molecule has 0 saturated carbocycles. The first kappa shape index (κ1) is 17.9. The van der Waals surface area contributed by atoms with Crippen molar-refractivity contribution in [1.82, 2.24) is 4.31 Å². The molecule has 1 unspecified atom stereocenters. The smallest absolute Gasteiger partial charge is 0.211 e. The van der Waals surface area contributed by atoms with Gasteiger partial charge in [-0.3, -0.25) is 0 Å². The maximum Gasteiger partial charge on any atom is 0.223 e. The summed E-state index contributed by atoms with van der Waals surface area (Å²) in [4.78, 5) is 0. The molecule has 5 heteroatoms. The molecule has 0 aliphatic heterocycles. The standard InChI is InChI=1S/C16H26N2O2S/c1-12(2)15-7-9-16(13(3)4,11-14(15)8-10-17)21(19,20)18(5)6/h7,11-13H,8-9H2,1-6H3. The zero-order valence-electron chi connectivity index (χ0n) is 13.8. The third-order valence-electron chi connectivity index (χ3n) is 4.26. The minimum absolute atomic E-state index is 0.0662. The minimum Gasteiger partial charge on any atom is -0.211 e. The summed E-state index contributed by atoms with van der Waals surface area (Å²) in [5.74, 6) is 0.223. The lowest BCUT2D eigenvalue weighted by atomic mass is 9.79. The molecule has 0 aromatic rings. The van der Waals surface area contributed by atoms with Gasteiger partial charge in [0.05, 0.1) is 12.5 Å². The van der Waals surface area contributed by atoms with Crippen LogP contribution in [0, 0.1) is 23.2 Å². The summed E-state index contributed by atoms with van der Waals surface area (Å²) in [6.07, 6.45) is 4.57. The van der Waals surface area contributed by atoms with Gasteiger partial charge in [0.1, 0.15) is 4.75 Å². The molecule has 1 aliphatic carbocycles. The van der Waals surface area contributed by atoms with Crippen LogP contribution in [0.4, 0.5) is 0 Å². The maximum absolute atomic E-state index is 12.8. The molecule has 4 nitrogen and oxygen atoms in total. The Kier molecular flexibility index (Phi) is 5.40. The van der Waals surface area contributed by atoms with Crippen LogP contribution in [-0.4, -0.2) is 31.6 Å². The van der Waals surface area contributed by atoms with Gasteiger partial charge in [-0.05, 0) is 29.4 Å². The van der Waals surface area contributed by atoms with E-state index in [2.05, 4.69) is 19.9 Å². The Labute approximate surface area is 129 Å². The first-order valence-electron chi connectivity index (χ1n) is 7.31. The van der Waals surface area contributed by atoms with Crippen LogP contribution in [0.5, 0.6) is 0 Å². The third-order valence-corrected chi connectivity index (χ3v) is 6.94. The molecule has 0 spiro atoms. The van der Waals surface area contributed by atoms with Crippen molar-refractivity contribution >= 4 is 10.0 Å². The molecule has 0 N–H and O–H groups in total. The highest BCUT2D eigenvalue weighted by atomic mass is 32.2. The molecular formula is C16H26N2O2S. The Hall–Kier alpha value is -1.12. The predicted molar refractivity (Wildman–Crippen MR) is 86.0 cm³/mol. The van der Waals surface area contributed by atoms with Gasteiger partial charge in [-0.1, -0.05) is 39.8 Å². The fourth-order valence-corrected chi connectivity index (χ4v) is 4.76. The monoisotopic (exact) mass is 310 g/mol. The highest BCUT2D eigenvalue weighted by molar-refractivity contribution is 7.90. The van der Waals surface area contributed by atoms with E-state index in [0.29, 0.717) is 6.42 Å². The van der Waals surface area contributed by atoms with Gasteiger partial charge in [-0.15, -0.1) is 0 Å². The zero-order chi connectivity index (χ0) is 16.4. The van der Waals surface area contributed by atoms with E-state index in [1.807, 2.05) is 26.0 Å². The van der Waals surface area contributed by atoms with Crippen molar-refractivity contribution in [3.63, 3.8) is 0 Å². The molecule has 0 aromatic heterocycles. The third kappa shape index (κ3) is 3.07. The lowest BCUT2D eigenvalue weighted by Gasteiger charge is -2.39. The number of hydrogen-bond donors (Lipinski definition) is 0. The Balaban J connectivity index is 3.50. The second-order valence-electron chi connectivity index (χ2n) is 6.42. The Bertz CT molecular complexity index is 592. The highest BCUT2D eigenvalue weighted by Gasteiger charge is 2.47. The summed E-state index contributed by atoms with van der Waals surface area (Å²) in [7, 11) is -0.321. The molecule has 0 heterocycles. The Morgan fingerprint density at radius 2 is 1.90 bits per heavy atom. The Morgan fingerprint density at radius 1 is 1.33 bits per heavy atom. The quantitative estimate of drug-likeness (QED) is 0.784. The molecule has 118 valence electrons. The van der Waals surface area contributed by atoms with Crippen molar-refractivity contribution in [2.75, 3.05) is 14.1 Å². The second-order valence-corrected chi connectivity index (χ2v) is 8.86. The van der Waals surface area contributed by atoms with E-state index in [1.165, 1.54) is 4.31 Å². The zero-order valence-corrected chi connectivity index (χ0v) is 14.7. The van der Waals surface area contributed by atoms with Crippen molar-refractivity contribution in [1.29, 1.82) is 5.26 Å². The van der Waals surface area contributed by atoms with Crippen LogP contribution in [0.25, 0.3) is 0 Å². The van der Waals surface area contributed by atoms with E-state index in [1.54, 1.807) is 14.1 Å². The van der Waals surface area contributed by atoms with Crippen molar-refractivity contribution < 1.29 is 8.42 Å². The van der Waals surface area contributed by atoms with Crippen molar-refractivity contribution in [2.45, 2.75) is 45.3 Å². The van der Waals surface area contributed by atoms with Gasteiger partial charge in [0.15, 0.2) is 0 Å². The van der Waals surface area contributed by atoms with Crippen molar-refractivity contribution in [2.24, 2.45) is 11.8 Å². The number of hydrogen-bond acceptors (Lipinski definition) is 3. The van der Waals surface area contributed by atoms with Gasteiger partial charge >= 0.3 is 0 Å². The fraction of sp³-hybridized carbons (Fsp3) is 0.688. The second kappa shape index (κ2) is 6.33. The summed E-state index contributed by atoms with van der Waals surface area (Å²) in [5.41, 5.74) is 1.96. The van der Waals surface area contributed by atoms with Crippen molar-refractivity contribution in [3.8, 4) is 6.07 Å². The average molecular weight is 310 g/mol. The molecule has 1 rings (SSSR count). The average Bonchev–Trinajstić information content (AvgIpc) is 2.37. The van der Waals surface area contributed by atoms with E-state index in [0.717, 1.165) is 11.1 Å². The molecular weight excluding hydrogens is 284 g/mol. The molecule has 0 saturated heterocycles. The van der Waals surface area contributed by atoms with E-state index in [4.69, 9.17) is 5.26 Å². The van der Waals surface area contributed by atoms with E-state index < -0.39 is 14.8 Å². The lowest BCUT2D eigenvalue weighted by molar-refractivity contribution is 0.420. The predicted octanol–water partition coefficient (Wildman–Crippen LogP) is 3.10. The molecule has 0 radical (unpaired) electrons. The maximum atomic E-state index is 12.8. The largest absolute Gasteiger partial charge is 0.223 e. The van der Waals surface area contributed by atoms with Gasteiger partial charge < -0.3 is 0 Å². The summed E-state index contributed by atoms with van der Waals surface area (Å²) in [6, 6.07) is 2.16. The van der Waals surface area contributed by atoms with Gasteiger partial charge in [0.25, 0.3) is 0 Å². The highest BCUT2D eigenvalue weighted by Crippen LogP contribution is 2.42. The topological polar surface area (TPSA) is 61.2 Å². The van der Waals surface area contributed by atoms with Gasteiger partial charge in [-0.25, -0.2) is 12.7 Å². The first-order chi connectivity index (χ1) is 9.60. The van der Waals surface area contributed by atoms with Gasteiger partial charge in [-0.2, -0.15) is 5.26 Å². The van der Waals surface area contributed by atoms with Crippen LogP contribution >= 0.6 is 0 Å². The lowest BCUT2D eigenvalue weighted by Crippen LogP contribution is -2.49. The number of sulfonamides is 1. The van der Waals surface area contributed by atoms with Gasteiger partial charge in [0, 0.05) is 14.1 Å². The summed E-state index contributed by atoms with van der Waals surface area (Å²) in [6.45, 7) is 7.99. The number of nitrogens with zero attached hydrogens (tertiary/aromatic N) is 2. The van der Waals surface area contributed by atoms with E-state index >= 15 is 0 Å². The van der Waals surface area contributed by atoms with Crippen molar-refractivity contribution in [3.05, 3.63) is 23.3 Å². The SMILES string of the molecule is CC(C)C1=CCC(C(C)C)(S(=O)(=O)N(C)C)C=C1CC#N. The summed E-state index contributed by atoms with van der Waals surface area (Å²) < 4.78 is 26.0. The first-order valence-corrected chi connectivity index (χ1v) is 8.75. The minimum atomic E-state index is -3.46. The molecule has 1 aliphatic rings. The van der Waals surface area contributed by atoms with Crippen LogP contribution in [0.1, 0.15) is 40.5 Å². The molecule has 1 atom stereocenters. The molecule has 21 heavy (non-hydrogen) atoms. The Morgan fingerprint density at radius 3 is 2.29 bits per heavy atom. The van der Waals surface area contributed by atoms with Crippen LogP contribution in [0.2, 0.25) is 0 Å². The normalized spacial score (nSPS) is 23.2. The van der Waals surface area contributed by atoms with E-state index in [-0.39, 0.29) is 18.3 Å². The molecule has 0 fully saturated rings. The van der Waals surface area contributed by atoms with Gasteiger partial charge in [0.2, 0.25) is 10.0 Å². The number of rotatable bonds is 5. The number of nitriles is 1. The molecule has 0 aromatic carbocycles. The summed E-state index contributed by atoms with van der Waals surface area (Å²) >= 11 is 0. The van der Waals surface area contributed by atoms with Crippen LogP contribution in [0.15, 0.2) is 23.3 Å². The fourth-order valence-electron chi connectivity index (χ4n) is 2.90. The summed E-state index contributed by atoms with van der Waals surface area (Å²) in [5, 5.41) is 9.06. The van der Waals surface area contributed by atoms with E-state index in [9.17, 15) is 8.42 Å². The molecule has 0 bridgehead atoms. The van der Waals surface area contributed by atoms with Crippen LogP contribution < -0.4 is 0 Å². The number of allylic oxidation sites excluding steroid dienone is 3. The van der Waals surface area contributed by atoms with Crippen LogP contribution in [-0.2, 0) is 10.0 Å². The molecule has 0 amide bonds. The van der Waals surface area contributed by atoms with Crippen LogP contribution in [0.3, 0.4) is 0 Å².